The molecule has 1 heterocycles. The molecule has 0 aromatic heterocycles. The van der Waals surface area contributed by atoms with Gasteiger partial charge in [-0.05, 0) is 47.9 Å². The van der Waals surface area contributed by atoms with E-state index in [-0.39, 0.29) is 22.6 Å². The molecule has 3 unspecified atom stereocenters. The quantitative estimate of drug-likeness (QED) is 0.726. The predicted octanol–water partition coefficient (Wildman–Crippen LogP) is 3.40. The van der Waals surface area contributed by atoms with Gasteiger partial charge in [0, 0.05) is 0 Å². The molecule has 0 bridgehead atoms. The molecule has 1 saturated heterocycles. The van der Waals surface area contributed by atoms with Crippen molar-refractivity contribution in [2.45, 2.75) is 73.2 Å². The van der Waals surface area contributed by atoms with Crippen LogP contribution in [-0.4, -0.2) is 31.2 Å². The summed E-state index contributed by atoms with van der Waals surface area (Å²) < 4.78 is 27.1. The lowest BCUT2D eigenvalue weighted by Gasteiger charge is -2.23. The third-order valence-corrected chi connectivity index (χ3v) is 8.66. The van der Waals surface area contributed by atoms with Crippen molar-refractivity contribution in [3.05, 3.63) is 65.7 Å². The van der Waals surface area contributed by atoms with E-state index in [1.807, 2.05) is 24.3 Å². The molecule has 2 aromatic carbocycles. The van der Waals surface area contributed by atoms with Crippen molar-refractivity contribution >= 4 is 15.7 Å². The fraction of sp³-hybridized carbons (Fsp3) is 0.440. The van der Waals surface area contributed by atoms with Crippen LogP contribution in [0.15, 0.2) is 59.5 Å². The van der Waals surface area contributed by atoms with Crippen LogP contribution in [0.3, 0.4) is 0 Å². The largest absolute Gasteiger partial charge is 0.336 e. The Bertz CT molecular complexity index is 1140. The Kier molecular flexibility index (Phi) is 5.64. The van der Waals surface area contributed by atoms with E-state index in [1.54, 1.807) is 30.3 Å². The van der Waals surface area contributed by atoms with E-state index in [4.69, 9.17) is 0 Å². The fourth-order valence-electron chi connectivity index (χ4n) is 4.25. The first-order valence-corrected chi connectivity index (χ1v) is 12.5. The molecule has 168 valence electrons. The third kappa shape index (κ3) is 4.30. The Labute approximate surface area is 190 Å². The summed E-state index contributed by atoms with van der Waals surface area (Å²) in [5.41, 5.74) is 1.17. The molecule has 6 nitrogen and oxygen atoms in total. The molecule has 0 spiro atoms. The van der Waals surface area contributed by atoms with Crippen molar-refractivity contribution < 1.29 is 13.2 Å². The standard InChI is InChI=1S/C25H29N3O3S/c1-24(2,3)18-11-9-17(10-12-18)22-21(32(30,31)19-7-5-4-6-8-19)15-20(27-22)23(29)28-25(16-26)13-14-25/h4-12,20-22,27H,13-15H2,1-3H3,(H,28,29). The Balaban J connectivity index is 1.66. The van der Waals surface area contributed by atoms with Crippen LogP contribution >= 0.6 is 0 Å². The monoisotopic (exact) mass is 451 g/mol. The lowest BCUT2D eigenvalue weighted by molar-refractivity contribution is -0.123. The summed E-state index contributed by atoms with van der Waals surface area (Å²) in [6.07, 6.45) is 1.41. The maximum atomic E-state index is 13.5. The highest BCUT2D eigenvalue weighted by Crippen LogP contribution is 2.38. The van der Waals surface area contributed by atoms with Gasteiger partial charge in [0.25, 0.3) is 0 Å². The van der Waals surface area contributed by atoms with Crippen molar-refractivity contribution in [1.82, 2.24) is 10.6 Å². The maximum Gasteiger partial charge on any atom is 0.238 e. The minimum atomic E-state index is -3.68. The fourth-order valence-corrected chi connectivity index (χ4v) is 6.17. The highest BCUT2D eigenvalue weighted by Gasteiger charge is 2.49. The molecule has 2 aromatic rings. The summed E-state index contributed by atoms with van der Waals surface area (Å²) in [6.45, 7) is 6.38. The first-order valence-electron chi connectivity index (χ1n) is 10.9. The number of amides is 1. The van der Waals surface area contributed by atoms with Crippen LogP contribution in [-0.2, 0) is 20.0 Å². The van der Waals surface area contributed by atoms with Gasteiger partial charge in [-0.2, -0.15) is 5.26 Å². The van der Waals surface area contributed by atoms with Gasteiger partial charge in [0.1, 0.15) is 5.54 Å². The SMILES string of the molecule is CC(C)(C)c1ccc(C2NC(C(=O)NC3(C#N)CC3)CC2S(=O)(=O)c2ccccc2)cc1. The van der Waals surface area contributed by atoms with E-state index in [1.165, 1.54) is 0 Å². The molecule has 1 amide bonds. The molecule has 1 aliphatic carbocycles. The van der Waals surface area contributed by atoms with Crippen LogP contribution in [0.1, 0.15) is 57.2 Å². The minimum Gasteiger partial charge on any atom is -0.336 e. The zero-order valence-electron chi connectivity index (χ0n) is 18.6. The van der Waals surface area contributed by atoms with E-state index in [9.17, 15) is 18.5 Å². The second-order valence-corrected chi connectivity index (χ2v) is 12.1. The zero-order chi connectivity index (χ0) is 23.1. The number of benzene rings is 2. The number of hydrogen-bond acceptors (Lipinski definition) is 5. The average molecular weight is 452 g/mol. The van der Waals surface area contributed by atoms with Gasteiger partial charge in [0.05, 0.1) is 28.3 Å². The van der Waals surface area contributed by atoms with Crippen LogP contribution in [0.2, 0.25) is 0 Å². The van der Waals surface area contributed by atoms with Crippen LogP contribution < -0.4 is 10.6 Å². The van der Waals surface area contributed by atoms with E-state index in [0.717, 1.165) is 11.1 Å². The second-order valence-electron chi connectivity index (χ2n) is 9.88. The summed E-state index contributed by atoms with van der Waals surface area (Å²) in [4.78, 5) is 13.2. The molecule has 1 saturated carbocycles. The Morgan fingerprint density at radius 2 is 1.72 bits per heavy atom. The molecule has 2 fully saturated rings. The summed E-state index contributed by atoms with van der Waals surface area (Å²) >= 11 is 0. The lowest BCUT2D eigenvalue weighted by atomic mass is 9.86. The molecule has 4 rings (SSSR count). The smallest absolute Gasteiger partial charge is 0.238 e. The van der Waals surface area contributed by atoms with Gasteiger partial charge < -0.3 is 5.32 Å². The van der Waals surface area contributed by atoms with E-state index < -0.39 is 32.7 Å². The number of carbonyl (C=O) groups excluding carboxylic acids is 1. The number of nitriles is 1. The van der Waals surface area contributed by atoms with E-state index >= 15 is 0 Å². The summed E-state index contributed by atoms with van der Waals surface area (Å²) in [5.74, 6) is -0.314. The molecule has 0 radical (unpaired) electrons. The predicted molar refractivity (Wildman–Crippen MR) is 123 cm³/mol. The van der Waals surface area contributed by atoms with Gasteiger partial charge in [0.2, 0.25) is 5.91 Å². The number of rotatable bonds is 5. The van der Waals surface area contributed by atoms with Crippen molar-refractivity contribution in [2.75, 3.05) is 0 Å². The molecular formula is C25H29N3O3S. The van der Waals surface area contributed by atoms with E-state index in [2.05, 4.69) is 37.5 Å². The number of sulfone groups is 1. The number of hydrogen-bond donors (Lipinski definition) is 2. The average Bonchev–Trinajstić information content (AvgIpc) is 3.39. The zero-order valence-corrected chi connectivity index (χ0v) is 19.4. The van der Waals surface area contributed by atoms with Gasteiger partial charge in [-0.1, -0.05) is 63.2 Å². The number of nitrogens with zero attached hydrogens (tertiary/aromatic N) is 1. The summed E-state index contributed by atoms with van der Waals surface area (Å²) in [5, 5.41) is 14.6. The van der Waals surface area contributed by atoms with Crippen molar-refractivity contribution in [2.24, 2.45) is 0 Å². The molecule has 1 aliphatic heterocycles. The minimum absolute atomic E-state index is 0.0184. The second kappa shape index (κ2) is 8.02. The summed E-state index contributed by atoms with van der Waals surface area (Å²) in [7, 11) is -3.68. The Hall–Kier alpha value is -2.69. The maximum absolute atomic E-state index is 13.5. The molecule has 2 aliphatic rings. The van der Waals surface area contributed by atoms with Gasteiger partial charge >= 0.3 is 0 Å². The van der Waals surface area contributed by atoms with Gasteiger partial charge in [0.15, 0.2) is 9.84 Å². The highest BCUT2D eigenvalue weighted by molar-refractivity contribution is 7.92. The van der Waals surface area contributed by atoms with Crippen LogP contribution in [0, 0.1) is 11.3 Å². The van der Waals surface area contributed by atoms with Crippen molar-refractivity contribution in [3.8, 4) is 6.07 Å². The Morgan fingerprint density at radius 3 is 2.25 bits per heavy atom. The van der Waals surface area contributed by atoms with E-state index in [0.29, 0.717) is 12.8 Å². The van der Waals surface area contributed by atoms with Gasteiger partial charge in [-0.3, -0.25) is 10.1 Å². The van der Waals surface area contributed by atoms with Crippen LogP contribution in [0.4, 0.5) is 0 Å². The van der Waals surface area contributed by atoms with Gasteiger partial charge in [-0.25, -0.2) is 8.42 Å². The number of nitrogens with one attached hydrogen (secondary N) is 2. The molecule has 7 heteroatoms. The first kappa shape index (κ1) is 22.5. The van der Waals surface area contributed by atoms with Crippen LogP contribution in [0.25, 0.3) is 0 Å². The van der Waals surface area contributed by atoms with Gasteiger partial charge in [-0.15, -0.1) is 0 Å². The first-order chi connectivity index (χ1) is 15.1. The highest BCUT2D eigenvalue weighted by atomic mass is 32.2. The normalized spacial score (nSPS) is 24.5. The molecule has 2 N–H and O–H groups in total. The topological polar surface area (TPSA) is 99.1 Å². The molecular weight excluding hydrogens is 422 g/mol. The van der Waals surface area contributed by atoms with Crippen molar-refractivity contribution in [1.29, 1.82) is 5.26 Å². The number of carbonyl (C=O) groups is 1. The summed E-state index contributed by atoms with van der Waals surface area (Å²) in [6, 6.07) is 17.3. The third-order valence-electron chi connectivity index (χ3n) is 6.47. The Morgan fingerprint density at radius 1 is 1.09 bits per heavy atom. The molecule has 3 atom stereocenters. The van der Waals surface area contributed by atoms with Crippen molar-refractivity contribution in [3.63, 3.8) is 0 Å². The van der Waals surface area contributed by atoms with Crippen LogP contribution in [0.5, 0.6) is 0 Å². The molecule has 32 heavy (non-hydrogen) atoms. The lowest BCUT2D eigenvalue weighted by Crippen LogP contribution is -2.46.